The fourth-order valence-electron chi connectivity index (χ4n) is 3.39. The van der Waals surface area contributed by atoms with E-state index in [0.29, 0.717) is 33.6 Å². The van der Waals surface area contributed by atoms with Crippen LogP contribution in [-0.4, -0.2) is 25.2 Å². The average Bonchev–Trinajstić information content (AvgIpc) is 3.22. The summed E-state index contributed by atoms with van der Waals surface area (Å²) in [5.41, 5.74) is 9.02. The van der Waals surface area contributed by atoms with Crippen LogP contribution >= 0.6 is 12.4 Å². The maximum Gasteiger partial charge on any atom is 0.337 e. The summed E-state index contributed by atoms with van der Waals surface area (Å²) in [5.74, 6) is 0.153. The Hall–Kier alpha value is -3.65. The summed E-state index contributed by atoms with van der Waals surface area (Å²) in [6, 6.07) is 14.3. The number of nitrogens with two attached hydrogens (primary N) is 1. The Bertz CT molecular complexity index is 1190. The molecule has 1 aromatic heterocycles. The highest BCUT2D eigenvalue weighted by Crippen LogP contribution is 2.34. The number of aromatic carboxylic acids is 1. The van der Waals surface area contributed by atoms with Crippen molar-refractivity contribution >= 4 is 35.6 Å². The molecule has 0 spiro atoms. The Labute approximate surface area is 178 Å². The molecule has 1 aliphatic heterocycles. The molecule has 1 atom stereocenters. The highest BCUT2D eigenvalue weighted by atomic mass is 35.5. The second-order valence-electron chi connectivity index (χ2n) is 6.46. The van der Waals surface area contributed by atoms with Gasteiger partial charge in [0.2, 0.25) is 5.55 Å². The molecule has 1 unspecified atom stereocenters. The third kappa shape index (κ3) is 3.53. The molecule has 30 heavy (non-hydrogen) atoms. The van der Waals surface area contributed by atoms with Gasteiger partial charge in [0.15, 0.2) is 6.17 Å². The molecule has 3 aromatic rings. The van der Waals surface area contributed by atoms with E-state index >= 15 is 0 Å². The number of carbonyl (C=O) groups is 1. The summed E-state index contributed by atoms with van der Waals surface area (Å²) in [6.07, 6.45) is 0.939. The molecular weight excluding hydrogens is 408 g/mol. The third-order valence-electron chi connectivity index (χ3n) is 4.86. The monoisotopic (exact) mass is 428 g/mol. The lowest BCUT2D eigenvalue weighted by molar-refractivity contribution is 0.0698. The van der Waals surface area contributed by atoms with Crippen LogP contribution in [0.1, 0.15) is 22.1 Å². The predicted octanol–water partition coefficient (Wildman–Crippen LogP) is 2.31. The van der Waals surface area contributed by atoms with Crippen LogP contribution in [0.15, 0.2) is 64.2 Å². The largest absolute Gasteiger partial charge is 0.497 e. The van der Waals surface area contributed by atoms with Crippen molar-refractivity contribution in [2.75, 3.05) is 24.4 Å². The molecule has 1 aliphatic rings. The highest BCUT2D eigenvalue weighted by molar-refractivity contribution is 5.94. The van der Waals surface area contributed by atoms with E-state index in [4.69, 9.17) is 19.9 Å². The van der Waals surface area contributed by atoms with Crippen molar-refractivity contribution in [1.82, 2.24) is 0 Å². The molecule has 4 rings (SSSR count). The number of carboxylic acid groups (broad SMARTS) is 1. The molecule has 0 aliphatic carbocycles. The number of methoxy groups -OCH3 is 1. The second kappa shape index (κ2) is 8.38. The molecule has 0 radical (unpaired) electrons. The Morgan fingerprint density at radius 1 is 1.23 bits per heavy atom. The first-order chi connectivity index (χ1) is 14.0. The maximum absolute atomic E-state index is 11.7. The lowest BCUT2D eigenvalue weighted by atomic mass is 10.0. The first-order valence-corrected chi connectivity index (χ1v) is 8.93. The molecule has 0 bridgehead atoms. The van der Waals surface area contributed by atoms with E-state index in [-0.39, 0.29) is 18.0 Å². The van der Waals surface area contributed by atoms with Crippen LogP contribution in [0.2, 0.25) is 0 Å². The number of benzene rings is 2. The summed E-state index contributed by atoms with van der Waals surface area (Å²) in [4.78, 5) is 18.3. The van der Waals surface area contributed by atoms with E-state index in [9.17, 15) is 9.90 Å². The molecule has 2 aromatic carbocycles. The van der Waals surface area contributed by atoms with Crippen LogP contribution in [0.25, 0.3) is 5.82 Å². The zero-order valence-electron chi connectivity index (χ0n) is 16.3. The number of rotatable bonds is 5. The van der Waals surface area contributed by atoms with E-state index in [0.717, 1.165) is 5.69 Å². The van der Waals surface area contributed by atoms with Gasteiger partial charge in [0.25, 0.3) is 0 Å². The normalized spacial score (nSPS) is 14.9. The molecule has 0 saturated carbocycles. The first kappa shape index (κ1) is 21.1. The van der Waals surface area contributed by atoms with Gasteiger partial charge in [-0.1, -0.05) is 6.07 Å². The molecule has 0 amide bonds. The van der Waals surface area contributed by atoms with Gasteiger partial charge in [-0.2, -0.15) is 0 Å². The van der Waals surface area contributed by atoms with E-state index in [1.165, 1.54) is 6.26 Å². The number of ether oxygens (including phenoxy) is 1. The minimum absolute atomic E-state index is 0. The quantitative estimate of drug-likeness (QED) is 0.571. The van der Waals surface area contributed by atoms with E-state index < -0.39 is 12.1 Å². The zero-order chi connectivity index (χ0) is 20.5. The fraction of sp³-hybridized carbons (Fsp3) is 0.143. The molecule has 156 valence electrons. The van der Waals surface area contributed by atoms with Crippen LogP contribution in [0.4, 0.5) is 11.4 Å². The number of nitrogens with zero attached hydrogens (tertiary/aromatic N) is 2. The minimum Gasteiger partial charge on any atom is -0.497 e. The van der Waals surface area contributed by atoms with Crippen molar-refractivity contribution in [3.05, 3.63) is 76.7 Å². The van der Waals surface area contributed by atoms with Crippen LogP contribution in [0.3, 0.4) is 0 Å². The van der Waals surface area contributed by atoms with E-state index in [1.807, 2.05) is 35.2 Å². The van der Waals surface area contributed by atoms with Gasteiger partial charge in [-0.3, -0.25) is 0 Å². The van der Waals surface area contributed by atoms with Gasteiger partial charge in [-0.15, -0.1) is 12.4 Å². The Morgan fingerprint density at radius 2 is 1.97 bits per heavy atom. The van der Waals surface area contributed by atoms with Gasteiger partial charge >= 0.3 is 5.97 Å². The zero-order valence-corrected chi connectivity index (χ0v) is 17.1. The minimum atomic E-state index is -1.03. The van der Waals surface area contributed by atoms with Crippen molar-refractivity contribution in [2.45, 2.75) is 6.17 Å². The summed E-state index contributed by atoms with van der Waals surface area (Å²) < 4.78 is 10.7. The van der Waals surface area contributed by atoms with Gasteiger partial charge in [-0.05, 0) is 48.0 Å². The lowest BCUT2D eigenvalue weighted by Crippen LogP contribution is -2.43. The third-order valence-corrected chi connectivity index (χ3v) is 4.86. The topological polar surface area (TPSA) is 113 Å². The van der Waals surface area contributed by atoms with Gasteiger partial charge in [0, 0.05) is 18.4 Å². The highest BCUT2D eigenvalue weighted by Gasteiger charge is 2.28. The molecule has 9 heteroatoms. The number of anilines is 2. The number of hydrogen-bond donors (Lipinski definition) is 3. The van der Waals surface area contributed by atoms with E-state index in [2.05, 4.69) is 5.32 Å². The van der Waals surface area contributed by atoms with Crippen molar-refractivity contribution in [3.8, 4) is 5.75 Å². The summed E-state index contributed by atoms with van der Waals surface area (Å²) >= 11 is 0. The second-order valence-corrected chi connectivity index (χ2v) is 6.46. The first-order valence-electron chi connectivity index (χ1n) is 8.93. The van der Waals surface area contributed by atoms with Crippen molar-refractivity contribution in [1.29, 1.82) is 0 Å². The Morgan fingerprint density at radius 3 is 2.60 bits per heavy atom. The van der Waals surface area contributed by atoms with Crippen molar-refractivity contribution in [2.24, 2.45) is 10.7 Å². The lowest BCUT2D eigenvalue weighted by Gasteiger charge is -2.33. The molecular formula is C21H21ClN4O4. The summed E-state index contributed by atoms with van der Waals surface area (Å²) in [7, 11) is 3.28. The number of nitrogens with one attached hydrogen (secondary N) is 1. The number of halogens is 1. The van der Waals surface area contributed by atoms with Gasteiger partial charge in [0.05, 0.1) is 24.2 Å². The molecule has 0 saturated heterocycles. The van der Waals surface area contributed by atoms with Crippen LogP contribution in [0.5, 0.6) is 5.75 Å². The Kier molecular flexibility index (Phi) is 5.89. The molecule has 8 nitrogen and oxygen atoms in total. The van der Waals surface area contributed by atoms with Gasteiger partial charge < -0.3 is 30.2 Å². The number of furan rings is 1. The van der Waals surface area contributed by atoms with Crippen LogP contribution in [0, 0.1) is 0 Å². The number of hydrogen-bond acceptors (Lipinski definition) is 7. The van der Waals surface area contributed by atoms with Crippen LogP contribution < -0.4 is 31.5 Å². The smallest absolute Gasteiger partial charge is 0.337 e. The Balaban J connectivity index is 0.00000256. The van der Waals surface area contributed by atoms with Crippen molar-refractivity contribution in [3.63, 3.8) is 0 Å². The van der Waals surface area contributed by atoms with Gasteiger partial charge in [0.1, 0.15) is 11.6 Å². The fourth-order valence-corrected chi connectivity index (χ4v) is 3.39. The van der Waals surface area contributed by atoms with E-state index in [1.54, 1.807) is 32.4 Å². The van der Waals surface area contributed by atoms with Gasteiger partial charge in [-0.25, -0.2) is 9.79 Å². The molecule has 4 N–H and O–H groups in total. The van der Waals surface area contributed by atoms with Crippen LogP contribution in [-0.2, 0) is 0 Å². The number of fused-ring (bicyclic) bond motifs is 1. The SMILES string of the molecule is CNc1ccc(C2N=c3occc3=C(N)N2c2ccc(OC)cc2)cc1C(=O)O.Cl. The summed E-state index contributed by atoms with van der Waals surface area (Å²) in [5, 5.41) is 13.2. The average molecular weight is 429 g/mol. The summed E-state index contributed by atoms with van der Waals surface area (Å²) in [6.45, 7) is 0. The standard InChI is InChI=1S/C21H20N4O4.ClH/c1-23-17-8-3-12(11-16(17)21(26)27)19-24-20-15(9-10-29-20)18(22)25(19)13-4-6-14(28-2)7-5-13;/h3-11,19,23H,22H2,1-2H3,(H,26,27);1H. The predicted molar refractivity (Wildman–Crippen MR) is 115 cm³/mol. The maximum atomic E-state index is 11.7. The molecule has 0 fully saturated rings. The number of carboxylic acids is 1. The molecule has 2 heterocycles. The van der Waals surface area contributed by atoms with Crippen molar-refractivity contribution < 1.29 is 19.1 Å².